The van der Waals surface area contributed by atoms with Crippen LogP contribution >= 0.6 is 0 Å². The minimum Gasteiger partial charge on any atom is -0.481 e. The first-order chi connectivity index (χ1) is 10.5. The number of aryl methyl sites for hydroxylation is 1. The Balaban J connectivity index is 2.05. The first-order valence-corrected chi connectivity index (χ1v) is 6.71. The van der Waals surface area contributed by atoms with Gasteiger partial charge in [0.1, 0.15) is 11.6 Å². The van der Waals surface area contributed by atoms with Crippen molar-refractivity contribution in [1.29, 1.82) is 0 Å². The Kier molecular flexibility index (Phi) is 4.71. The van der Waals surface area contributed by atoms with Crippen LogP contribution in [0.5, 0.6) is 0 Å². The minimum atomic E-state index is -0.876. The van der Waals surface area contributed by atoms with Gasteiger partial charge in [-0.2, -0.15) is 9.97 Å². The maximum atomic E-state index is 10.7. The monoisotopic (exact) mass is 306 g/mol. The summed E-state index contributed by atoms with van der Waals surface area (Å²) in [5, 5.41) is 18.4. The lowest BCUT2D eigenvalue weighted by molar-refractivity contribution is -0.136. The number of aromatic nitrogens is 5. The van der Waals surface area contributed by atoms with Crippen LogP contribution in [0.4, 0.5) is 17.7 Å². The SMILES string of the molecule is Cc1nc(N)nc(NCCc2nc(N)n[nH]2)c1CCC(=O)O. The Hall–Kier alpha value is -2.91. The summed E-state index contributed by atoms with van der Waals surface area (Å²) < 4.78 is 0. The van der Waals surface area contributed by atoms with E-state index in [1.165, 1.54) is 0 Å². The summed E-state index contributed by atoms with van der Waals surface area (Å²) in [6.07, 6.45) is 0.895. The second-order valence-corrected chi connectivity index (χ2v) is 4.71. The van der Waals surface area contributed by atoms with Crippen molar-refractivity contribution >= 4 is 23.7 Å². The number of H-pyrrole nitrogens is 1. The highest BCUT2D eigenvalue weighted by Gasteiger charge is 2.12. The fourth-order valence-electron chi connectivity index (χ4n) is 2.02. The number of hydrogen-bond donors (Lipinski definition) is 5. The summed E-state index contributed by atoms with van der Waals surface area (Å²) in [5.41, 5.74) is 12.5. The van der Waals surface area contributed by atoms with Crippen LogP contribution in [-0.2, 0) is 17.6 Å². The van der Waals surface area contributed by atoms with E-state index in [2.05, 4.69) is 30.5 Å². The van der Waals surface area contributed by atoms with Gasteiger partial charge in [0.15, 0.2) is 0 Å². The number of aliphatic carboxylic acids is 1. The van der Waals surface area contributed by atoms with Gasteiger partial charge in [-0.1, -0.05) is 0 Å². The number of aromatic amines is 1. The average molecular weight is 306 g/mol. The highest BCUT2D eigenvalue weighted by molar-refractivity contribution is 5.67. The van der Waals surface area contributed by atoms with E-state index in [1.54, 1.807) is 6.92 Å². The predicted molar refractivity (Wildman–Crippen MR) is 80.1 cm³/mol. The maximum absolute atomic E-state index is 10.7. The largest absolute Gasteiger partial charge is 0.481 e. The number of nitrogen functional groups attached to an aromatic ring is 2. The van der Waals surface area contributed by atoms with Gasteiger partial charge in [-0.05, 0) is 13.3 Å². The first kappa shape index (κ1) is 15.5. The van der Waals surface area contributed by atoms with Gasteiger partial charge in [0.05, 0.1) is 0 Å². The predicted octanol–water partition coefficient (Wildman–Crippen LogP) is -0.261. The van der Waals surface area contributed by atoms with Crippen LogP contribution in [0.3, 0.4) is 0 Å². The number of rotatable bonds is 7. The Morgan fingerprint density at radius 3 is 2.64 bits per heavy atom. The first-order valence-electron chi connectivity index (χ1n) is 6.71. The molecule has 0 aromatic carbocycles. The van der Waals surface area contributed by atoms with E-state index in [0.717, 1.165) is 5.56 Å². The van der Waals surface area contributed by atoms with Crippen molar-refractivity contribution in [2.45, 2.75) is 26.2 Å². The molecular weight excluding hydrogens is 288 g/mol. The molecule has 10 nitrogen and oxygen atoms in total. The Bertz CT molecular complexity index is 669. The summed E-state index contributed by atoms with van der Waals surface area (Å²) in [6, 6.07) is 0. The van der Waals surface area contributed by atoms with Crippen molar-refractivity contribution in [1.82, 2.24) is 25.1 Å². The van der Waals surface area contributed by atoms with Crippen molar-refractivity contribution in [2.24, 2.45) is 0 Å². The molecule has 0 saturated heterocycles. The van der Waals surface area contributed by atoms with Crippen LogP contribution in [-0.4, -0.2) is 42.8 Å². The molecule has 2 rings (SSSR count). The molecule has 0 saturated carbocycles. The van der Waals surface area contributed by atoms with Crippen LogP contribution in [0.15, 0.2) is 0 Å². The summed E-state index contributed by atoms with van der Waals surface area (Å²) in [6.45, 7) is 2.29. The van der Waals surface area contributed by atoms with Gasteiger partial charge < -0.3 is 21.9 Å². The minimum absolute atomic E-state index is 0.00142. The second-order valence-electron chi connectivity index (χ2n) is 4.71. The van der Waals surface area contributed by atoms with E-state index in [4.69, 9.17) is 16.6 Å². The average Bonchev–Trinajstić information content (AvgIpc) is 2.83. The van der Waals surface area contributed by atoms with E-state index in [-0.39, 0.29) is 18.3 Å². The van der Waals surface area contributed by atoms with Gasteiger partial charge in [-0.15, -0.1) is 5.10 Å². The molecule has 0 bridgehead atoms. The summed E-state index contributed by atoms with van der Waals surface area (Å²) in [7, 11) is 0. The lowest BCUT2D eigenvalue weighted by Gasteiger charge is -2.12. The third kappa shape index (κ3) is 4.04. The van der Waals surface area contributed by atoms with Gasteiger partial charge in [-0.25, -0.2) is 4.98 Å². The van der Waals surface area contributed by atoms with Crippen LogP contribution in [0.1, 0.15) is 23.5 Å². The molecule has 22 heavy (non-hydrogen) atoms. The molecular formula is C12H18N8O2. The quantitative estimate of drug-likeness (QED) is 0.462. The molecule has 0 aliphatic rings. The molecule has 10 heteroatoms. The number of carboxylic acid groups (broad SMARTS) is 1. The Morgan fingerprint density at radius 1 is 1.23 bits per heavy atom. The zero-order valence-corrected chi connectivity index (χ0v) is 12.1. The molecule has 0 atom stereocenters. The van der Waals surface area contributed by atoms with Crippen molar-refractivity contribution < 1.29 is 9.90 Å². The summed E-state index contributed by atoms with van der Waals surface area (Å²) in [5.74, 6) is 0.649. The molecule has 2 heterocycles. The van der Waals surface area contributed by atoms with Crippen LogP contribution in [0, 0.1) is 6.92 Å². The molecule has 0 spiro atoms. The number of nitrogens with zero attached hydrogens (tertiary/aromatic N) is 4. The van der Waals surface area contributed by atoms with Crippen molar-refractivity contribution in [3.05, 3.63) is 17.1 Å². The van der Waals surface area contributed by atoms with Crippen LogP contribution in [0.25, 0.3) is 0 Å². The molecule has 118 valence electrons. The molecule has 0 fully saturated rings. The number of anilines is 3. The highest BCUT2D eigenvalue weighted by atomic mass is 16.4. The number of carboxylic acids is 1. The topological polar surface area (TPSA) is 169 Å². The van der Waals surface area contributed by atoms with E-state index < -0.39 is 5.97 Å². The van der Waals surface area contributed by atoms with Gasteiger partial charge >= 0.3 is 5.97 Å². The molecule has 0 unspecified atom stereocenters. The van der Waals surface area contributed by atoms with E-state index >= 15 is 0 Å². The highest BCUT2D eigenvalue weighted by Crippen LogP contribution is 2.19. The third-order valence-electron chi connectivity index (χ3n) is 3.02. The Labute approximate surface area is 126 Å². The lowest BCUT2D eigenvalue weighted by Crippen LogP contribution is -2.13. The lowest BCUT2D eigenvalue weighted by atomic mass is 10.1. The number of carbonyl (C=O) groups is 1. The van der Waals surface area contributed by atoms with Crippen molar-refractivity contribution in [2.75, 3.05) is 23.3 Å². The van der Waals surface area contributed by atoms with Gasteiger partial charge in [0.25, 0.3) is 0 Å². The van der Waals surface area contributed by atoms with Crippen molar-refractivity contribution in [3.8, 4) is 0 Å². The number of nitrogens with one attached hydrogen (secondary N) is 2. The van der Waals surface area contributed by atoms with Crippen LogP contribution < -0.4 is 16.8 Å². The van der Waals surface area contributed by atoms with Gasteiger partial charge in [0, 0.05) is 30.6 Å². The zero-order chi connectivity index (χ0) is 16.1. The molecule has 0 amide bonds. The van der Waals surface area contributed by atoms with Crippen LogP contribution in [0.2, 0.25) is 0 Å². The molecule has 7 N–H and O–H groups in total. The van der Waals surface area contributed by atoms with Gasteiger partial charge in [-0.3, -0.25) is 9.89 Å². The standard InChI is InChI=1S/C12H18N8O2/c1-6-7(2-3-9(21)22)10(18-11(13)16-6)15-5-4-8-17-12(14)20-19-8/h2-5H2,1H3,(H,21,22)(H3,13,15,16,18)(H3,14,17,19,20). The van der Waals surface area contributed by atoms with E-state index in [0.29, 0.717) is 36.7 Å². The number of nitrogens with two attached hydrogens (primary N) is 2. The van der Waals surface area contributed by atoms with Gasteiger partial charge in [0.2, 0.25) is 11.9 Å². The molecule has 2 aromatic rings. The summed E-state index contributed by atoms with van der Waals surface area (Å²) in [4.78, 5) is 23.0. The fourth-order valence-corrected chi connectivity index (χ4v) is 2.02. The molecule has 0 aliphatic heterocycles. The van der Waals surface area contributed by atoms with E-state index in [9.17, 15) is 4.79 Å². The molecule has 0 aliphatic carbocycles. The normalized spacial score (nSPS) is 10.6. The van der Waals surface area contributed by atoms with Crippen molar-refractivity contribution in [3.63, 3.8) is 0 Å². The maximum Gasteiger partial charge on any atom is 0.303 e. The molecule has 2 aromatic heterocycles. The molecule has 0 radical (unpaired) electrons. The smallest absolute Gasteiger partial charge is 0.303 e. The second kappa shape index (κ2) is 6.70. The number of hydrogen-bond acceptors (Lipinski definition) is 8. The fraction of sp³-hybridized carbons (Fsp3) is 0.417. The van der Waals surface area contributed by atoms with E-state index in [1.807, 2.05) is 0 Å². The third-order valence-corrected chi connectivity index (χ3v) is 3.02. The zero-order valence-electron chi connectivity index (χ0n) is 12.1. The Morgan fingerprint density at radius 2 is 2.00 bits per heavy atom. The summed E-state index contributed by atoms with van der Waals surface area (Å²) >= 11 is 0.